The molecule has 2 rings (SSSR count). The van der Waals surface area contributed by atoms with Crippen LogP contribution in [0.25, 0.3) is 6.08 Å². The highest BCUT2D eigenvalue weighted by Gasteiger charge is 2.27. The van der Waals surface area contributed by atoms with Gasteiger partial charge in [0, 0.05) is 22.8 Å². The molecule has 8 heteroatoms. The van der Waals surface area contributed by atoms with Gasteiger partial charge in [-0.15, -0.1) is 0 Å². The predicted octanol–water partition coefficient (Wildman–Crippen LogP) is 7.52. The van der Waals surface area contributed by atoms with Gasteiger partial charge in [0.05, 0.1) is 17.4 Å². The zero-order valence-electron chi connectivity index (χ0n) is 26.7. The number of esters is 2. The molecule has 0 bridgehead atoms. The van der Waals surface area contributed by atoms with Crippen LogP contribution in [0, 0.1) is 10.8 Å². The number of rotatable bonds is 13. The maximum Gasteiger partial charge on any atom is 0.314 e. The number of ketones is 1. The summed E-state index contributed by atoms with van der Waals surface area (Å²) in [5.41, 5.74) is 0.578. The van der Waals surface area contributed by atoms with Crippen LogP contribution < -0.4 is 14.2 Å². The highest BCUT2D eigenvalue weighted by Crippen LogP contribution is 2.39. The van der Waals surface area contributed by atoms with E-state index in [2.05, 4.69) is 20.8 Å². The van der Waals surface area contributed by atoms with Gasteiger partial charge in [-0.1, -0.05) is 20.8 Å². The first kappa shape index (κ1) is 34.4. The third kappa shape index (κ3) is 9.93. The van der Waals surface area contributed by atoms with Crippen molar-refractivity contribution in [3.8, 4) is 17.2 Å². The van der Waals surface area contributed by atoms with E-state index in [0.29, 0.717) is 29.4 Å². The fourth-order valence-electron chi connectivity index (χ4n) is 3.54. The second-order valence-corrected chi connectivity index (χ2v) is 12.7. The second kappa shape index (κ2) is 14.4. The molecule has 0 heterocycles. The van der Waals surface area contributed by atoms with E-state index < -0.39 is 10.8 Å². The average Bonchev–Trinajstić information content (AvgIpc) is 2.91. The molecule has 0 fully saturated rings. The van der Waals surface area contributed by atoms with Crippen LogP contribution in [0.5, 0.6) is 17.2 Å². The van der Waals surface area contributed by atoms with Crippen LogP contribution in [-0.2, 0) is 24.5 Å². The molecule has 0 spiro atoms. The van der Waals surface area contributed by atoms with Crippen molar-refractivity contribution in [1.82, 2.24) is 0 Å². The normalized spacial score (nSPS) is 12.1. The van der Waals surface area contributed by atoms with E-state index in [4.69, 9.17) is 23.7 Å². The van der Waals surface area contributed by atoms with Crippen LogP contribution in [0.2, 0.25) is 0 Å². The molecule has 0 aliphatic heterocycles. The zero-order chi connectivity index (χ0) is 31.7. The van der Waals surface area contributed by atoms with E-state index in [1.807, 2.05) is 13.0 Å². The molecule has 0 aliphatic carbocycles. The molecule has 0 radical (unpaired) electrons. The Morgan fingerprint density at radius 2 is 1.26 bits per heavy atom. The summed E-state index contributed by atoms with van der Waals surface area (Å²) in [6.45, 7) is 18.8. The number of ether oxygens (including phenoxy) is 5. The lowest BCUT2D eigenvalue weighted by molar-refractivity contribution is -0.160. The molecule has 0 aliphatic rings. The van der Waals surface area contributed by atoms with Crippen molar-refractivity contribution >= 4 is 23.8 Å². The minimum Gasteiger partial charge on any atom is -0.493 e. The molecule has 0 amide bonds. The molecule has 0 saturated carbocycles. The number of carbonyl (C=O) groups excluding carboxylic acids is 3. The minimum atomic E-state index is -0.638. The Bertz CT molecular complexity index is 1260. The van der Waals surface area contributed by atoms with Crippen molar-refractivity contribution in [2.45, 2.75) is 81.1 Å². The van der Waals surface area contributed by atoms with Gasteiger partial charge in [-0.05, 0) is 103 Å². The van der Waals surface area contributed by atoms with Gasteiger partial charge in [0.2, 0.25) is 13.6 Å². The quantitative estimate of drug-likeness (QED) is 0.104. The molecule has 2 aromatic carbocycles. The molecular weight excluding hydrogens is 536 g/mol. The van der Waals surface area contributed by atoms with Gasteiger partial charge >= 0.3 is 11.9 Å². The van der Waals surface area contributed by atoms with Crippen molar-refractivity contribution in [2.75, 3.05) is 20.2 Å². The van der Waals surface area contributed by atoms with Crippen molar-refractivity contribution in [3.05, 3.63) is 59.2 Å². The number of allylic oxidation sites excluding steroid dienone is 1. The van der Waals surface area contributed by atoms with Crippen molar-refractivity contribution < 1.29 is 38.1 Å². The van der Waals surface area contributed by atoms with E-state index in [9.17, 15) is 14.4 Å². The van der Waals surface area contributed by atoms with Crippen molar-refractivity contribution in [3.63, 3.8) is 0 Å². The van der Waals surface area contributed by atoms with E-state index >= 15 is 0 Å². The molecule has 2 aromatic rings. The molecule has 230 valence electrons. The third-order valence-corrected chi connectivity index (χ3v) is 6.62. The first-order valence-corrected chi connectivity index (χ1v) is 14.2. The zero-order valence-corrected chi connectivity index (χ0v) is 26.7. The summed E-state index contributed by atoms with van der Waals surface area (Å²) in [4.78, 5) is 37.1. The van der Waals surface area contributed by atoms with E-state index in [1.54, 1.807) is 78.0 Å². The summed E-state index contributed by atoms with van der Waals surface area (Å²) in [6.07, 6.45) is 4.04. The summed E-state index contributed by atoms with van der Waals surface area (Å²) in [5, 5.41) is 0. The number of benzene rings is 2. The van der Waals surface area contributed by atoms with Crippen LogP contribution in [0.4, 0.5) is 0 Å². The van der Waals surface area contributed by atoms with Crippen LogP contribution in [-0.4, -0.2) is 37.9 Å². The number of hydrogen-bond acceptors (Lipinski definition) is 8. The molecule has 8 nitrogen and oxygen atoms in total. The van der Waals surface area contributed by atoms with E-state index in [-0.39, 0.29) is 36.7 Å². The Hall–Kier alpha value is -3.81. The summed E-state index contributed by atoms with van der Waals surface area (Å²) in [5.74, 6) is 0.660. The Morgan fingerprint density at radius 3 is 1.76 bits per heavy atom. The molecule has 0 aromatic heterocycles. The van der Waals surface area contributed by atoms with Gasteiger partial charge in [-0.2, -0.15) is 0 Å². The number of hydrogen-bond donors (Lipinski definition) is 0. The summed E-state index contributed by atoms with van der Waals surface area (Å²) in [6, 6.07) is 10.3. The average molecular weight is 583 g/mol. The highest BCUT2D eigenvalue weighted by molar-refractivity contribution is 6.07. The topological polar surface area (TPSA) is 97.4 Å². The van der Waals surface area contributed by atoms with Gasteiger partial charge in [0.15, 0.2) is 5.78 Å². The van der Waals surface area contributed by atoms with Crippen LogP contribution in [0.1, 0.15) is 97.1 Å². The molecule has 0 unspecified atom stereocenters. The van der Waals surface area contributed by atoms with Gasteiger partial charge < -0.3 is 23.7 Å². The van der Waals surface area contributed by atoms with Crippen LogP contribution >= 0.6 is 0 Å². The molecular formula is C34H46O8. The smallest absolute Gasteiger partial charge is 0.314 e. The molecule has 0 saturated heterocycles. The van der Waals surface area contributed by atoms with Crippen LogP contribution in [0.3, 0.4) is 0 Å². The van der Waals surface area contributed by atoms with E-state index in [0.717, 1.165) is 17.5 Å². The van der Waals surface area contributed by atoms with Crippen LogP contribution in [0.15, 0.2) is 42.5 Å². The largest absolute Gasteiger partial charge is 0.493 e. The lowest BCUT2D eigenvalue weighted by Gasteiger charge is -2.27. The summed E-state index contributed by atoms with van der Waals surface area (Å²) in [7, 11) is 0. The minimum absolute atomic E-state index is 0.200. The molecule has 0 atom stereocenters. The standard InChI is InChI=1S/C34H46O8/c1-11-34(9,10)26-19-24(28(38-12-2)20-29(26)40-22-42-31(37)33(6,7)8)15-18-27(35)23-13-16-25(17-14-23)39-21-41-30(36)32(3,4)5/h13-20H,11-12,21-22H2,1-10H3. The fourth-order valence-corrected chi connectivity index (χ4v) is 3.54. The first-order chi connectivity index (χ1) is 19.5. The van der Waals surface area contributed by atoms with Gasteiger partial charge in [0.25, 0.3) is 0 Å². The third-order valence-electron chi connectivity index (χ3n) is 6.62. The Kier molecular flexibility index (Phi) is 11.8. The van der Waals surface area contributed by atoms with Gasteiger partial charge in [0.1, 0.15) is 17.2 Å². The lowest BCUT2D eigenvalue weighted by Crippen LogP contribution is -2.25. The summed E-state index contributed by atoms with van der Waals surface area (Å²) >= 11 is 0. The SMILES string of the molecule is CCOc1cc(OCOC(=O)C(C)(C)C)c(C(C)(C)CC)cc1C=CC(=O)c1ccc(OCOC(=O)C(C)(C)C)cc1. The van der Waals surface area contributed by atoms with Crippen molar-refractivity contribution in [1.29, 1.82) is 0 Å². The highest BCUT2D eigenvalue weighted by atomic mass is 16.7. The predicted molar refractivity (Wildman–Crippen MR) is 163 cm³/mol. The van der Waals surface area contributed by atoms with Gasteiger partial charge in [-0.3, -0.25) is 14.4 Å². The van der Waals surface area contributed by atoms with Gasteiger partial charge in [-0.25, -0.2) is 0 Å². The second-order valence-electron chi connectivity index (χ2n) is 12.7. The molecule has 42 heavy (non-hydrogen) atoms. The molecule has 0 N–H and O–H groups in total. The monoisotopic (exact) mass is 582 g/mol. The first-order valence-electron chi connectivity index (χ1n) is 14.2. The fraction of sp³-hybridized carbons (Fsp3) is 0.500. The summed E-state index contributed by atoms with van der Waals surface area (Å²) < 4.78 is 27.8. The Morgan fingerprint density at radius 1 is 0.714 bits per heavy atom. The Labute approximate surface area is 250 Å². The maximum absolute atomic E-state index is 13.0. The number of carbonyl (C=O) groups is 3. The van der Waals surface area contributed by atoms with E-state index in [1.165, 1.54) is 6.08 Å². The van der Waals surface area contributed by atoms with Crippen molar-refractivity contribution in [2.24, 2.45) is 10.8 Å². The Balaban J connectivity index is 2.24. The maximum atomic E-state index is 13.0. The lowest BCUT2D eigenvalue weighted by atomic mass is 9.80.